The maximum absolute atomic E-state index is 13.6. The van der Waals surface area contributed by atoms with Gasteiger partial charge in [-0.3, -0.25) is 4.79 Å². The SMILES string of the molecule is CNC(=O)c1c(-c2ccc(F)cc2)oc2cc(NC(C)c3ccccc3)c(-c3ccccc3)cc12. The summed E-state index contributed by atoms with van der Waals surface area (Å²) in [4.78, 5) is 13.0. The first-order valence-electron chi connectivity index (χ1n) is 11.5. The number of carbonyl (C=O) groups excluding carboxylic acids is 1. The number of rotatable bonds is 6. The molecule has 1 aromatic heterocycles. The molecule has 4 nitrogen and oxygen atoms in total. The van der Waals surface area contributed by atoms with E-state index in [2.05, 4.69) is 29.7 Å². The van der Waals surface area contributed by atoms with Crippen LogP contribution in [-0.4, -0.2) is 13.0 Å². The van der Waals surface area contributed by atoms with Crippen molar-refractivity contribution in [1.82, 2.24) is 5.32 Å². The van der Waals surface area contributed by atoms with Crippen LogP contribution >= 0.6 is 0 Å². The van der Waals surface area contributed by atoms with Gasteiger partial charge in [-0.1, -0.05) is 60.7 Å². The Hall–Kier alpha value is -4.38. The van der Waals surface area contributed by atoms with Crippen LogP contribution in [-0.2, 0) is 0 Å². The average molecular weight is 465 g/mol. The number of anilines is 1. The lowest BCUT2D eigenvalue weighted by molar-refractivity contribution is 0.0964. The highest BCUT2D eigenvalue weighted by Crippen LogP contribution is 2.40. The Morgan fingerprint density at radius 1 is 0.857 bits per heavy atom. The molecule has 2 N–H and O–H groups in total. The zero-order chi connectivity index (χ0) is 24.4. The van der Waals surface area contributed by atoms with Crippen LogP contribution in [0.1, 0.15) is 28.9 Å². The van der Waals surface area contributed by atoms with Gasteiger partial charge in [-0.05, 0) is 48.4 Å². The number of nitrogens with one attached hydrogen (secondary N) is 2. The maximum Gasteiger partial charge on any atom is 0.255 e. The van der Waals surface area contributed by atoms with Crippen molar-refractivity contribution in [2.24, 2.45) is 0 Å². The fourth-order valence-corrected chi connectivity index (χ4v) is 4.33. The van der Waals surface area contributed by atoms with Gasteiger partial charge in [0.2, 0.25) is 0 Å². The van der Waals surface area contributed by atoms with Crippen molar-refractivity contribution < 1.29 is 13.6 Å². The number of hydrogen-bond donors (Lipinski definition) is 2. The Bertz CT molecular complexity index is 1480. The third kappa shape index (κ3) is 4.41. The van der Waals surface area contributed by atoms with E-state index in [-0.39, 0.29) is 17.8 Å². The second kappa shape index (κ2) is 9.47. The average Bonchev–Trinajstić information content (AvgIpc) is 3.27. The summed E-state index contributed by atoms with van der Waals surface area (Å²) >= 11 is 0. The molecule has 5 heteroatoms. The molecule has 1 atom stereocenters. The van der Waals surface area contributed by atoms with E-state index in [4.69, 9.17) is 4.42 Å². The summed E-state index contributed by atoms with van der Waals surface area (Å²) in [5.74, 6) is -0.203. The summed E-state index contributed by atoms with van der Waals surface area (Å²) in [5, 5.41) is 7.04. The highest BCUT2D eigenvalue weighted by Gasteiger charge is 2.24. The van der Waals surface area contributed by atoms with Crippen LogP contribution in [0.5, 0.6) is 0 Å². The standard InChI is InChI=1S/C30H25FN2O2/c1-19(20-9-5-3-6-10-20)33-26-18-27-25(17-24(26)21-11-7-4-8-12-21)28(30(34)32-2)29(35-27)22-13-15-23(31)16-14-22/h3-19,33H,1-2H3,(H,32,34). The molecule has 1 heterocycles. The smallest absolute Gasteiger partial charge is 0.255 e. The molecule has 0 aliphatic carbocycles. The van der Waals surface area contributed by atoms with Gasteiger partial charge in [0.25, 0.3) is 5.91 Å². The lowest BCUT2D eigenvalue weighted by Gasteiger charge is -2.19. The van der Waals surface area contributed by atoms with E-state index in [0.29, 0.717) is 27.9 Å². The first kappa shape index (κ1) is 22.4. The fourth-order valence-electron chi connectivity index (χ4n) is 4.33. The molecule has 174 valence electrons. The van der Waals surface area contributed by atoms with E-state index in [0.717, 1.165) is 22.4 Å². The predicted molar refractivity (Wildman–Crippen MR) is 139 cm³/mol. The normalized spacial score (nSPS) is 11.9. The quantitative estimate of drug-likeness (QED) is 0.275. The number of hydrogen-bond acceptors (Lipinski definition) is 3. The van der Waals surface area contributed by atoms with Crippen LogP contribution in [0, 0.1) is 5.82 Å². The van der Waals surface area contributed by atoms with Gasteiger partial charge in [-0.15, -0.1) is 0 Å². The Morgan fingerprint density at radius 3 is 2.17 bits per heavy atom. The highest BCUT2D eigenvalue weighted by atomic mass is 19.1. The Morgan fingerprint density at radius 2 is 1.51 bits per heavy atom. The van der Waals surface area contributed by atoms with E-state index in [1.807, 2.05) is 60.7 Å². The third-order valence-corrected chi connectivity index (χ3v) is 6.15. The molecule has 5 aromatic rings. The summed E-state index contributed by atoms with van der Waals surface area (Å²) < 4.78 is 19.8. The summed E-state index contributed by atoms with van der Waals surface area (Å²) in [6.45, 7) is 2.11. The molecule has 0 radical (unpaired) electrons. The molecular formula is C30H25FN2O2. The number of benzene rings is 4. The molecule has 1 amide bonds. The van der Waals surface area contributed by atoms with Crippen LogP contribution in [0.25, 0.3) is 33.4 Å². The Kier molecular flexibility index (Phi) is 6.06. The lowest BCUT2D eigenvalue weighted by atomic mass is 9.97. The molecular weight excluding hydrogens is 439 g/mol. The fraction of sp³-hybridized carbons (Fsp3) is 0.100. The second-order valence-electron chi connectivity index (χ2n) is 8.43. The van der Waals surface area contributed by atoms with E-state index in [9.17, 15) is 9.18 Å². The van der Waals surface area contributed by atoms with E-state index in [1.54, 1.807) is 19.2 Å². The van der Waals surface area contributed by atoms with E-state index >= 15 is 0 Å². The van der Waals surface area contributed by atoms with Gasteiger partial charge in [0.15, 0.2) is 0 Å². The van der Waals surface area contributed by atoms with Gasteiger partial charge in [0, 0.05) is 41.4 Å². The Balaban J connectivity index is 1.72. The Labute approximate surface area is 203 Å². The molecule has 0 fully saturated rings. The zero-order valence-electron chi connectivity index (χ0n) is 19.5. The number of furan rings is 1. The molecule has 0 saturated carbocycles. The van der Waals surface area contributed by atoms with Gasteiger partial charge < -0.3 is 15.1 Å². The van der Waals surface area contributed by atoms with Crippen LogP contribution in [0.2, 0.25) is 0 Å². The van der Waals surface area contributed by atoms with Gasteiger partial charge in [-0.25, -0.2) is 4.39 Å². The largest absolute Gasteiger partial charge is 0.455 e. The van der Waals surface area contributed by atoms with Crippen LogP contribution in [0.15, 0.2) is 101 Å². The summed E-state index contributed by atoms with van der Waals surface area (Å²) in [5.41, 5.74) is 5.66. The molecule has 4 aromatic carbocycles. The van der Waals surface area contributed by atoms with Crippen molar-refractivity contribution in [3.05, 3.63) is 114 Å². The molecule has 1 unspecified atom stereocenters. The molecule has 5 rings (SSSR count). The van der Waals surface area contributed by atoms with E-state index in [1.165, 1.54) is 12.1 Å². The summed E-state index contributed by atoms with van der Waals surface area (Å²) in [7, 11) is 1.59. The van der Waals surface area contributed by atoms with Gasteiger partial charge in [-0.2, -0.15) is 0 Å². The van der Waals surface area contributed by atoms with Crippen molar-refractivity contribution >= 4 is 22.6 Å². The number of carbonyl (C=O) groups is 1. The number of fused-ring (bicyclic) bond motifs is 1. The number of halogens is 1. The van der Waals surface area contributed by atoms with Crippen molar-refractivity contribution in [3.8, 4) is 22.5 Å². The zero-order valence-corrected chi connectivity index (χ0v) is 19.5. The monoisotopic (exact) mass is 464 g/mol. The van der Waals surface area contributed by atoms with Gasteiger partial charge in [0.05, 0.1) is 5.56 Å². The summed E-state index contributed by atoms with van der Waals surface area (Å²) in [6, 6.07) is 30.2. The molecule has 0 saturated heterocycles. The minimum absolute atomic E-state index is 0.0426. The van der Waals surface area contributed by atoms with Crippen molar-refractivity contribution in [2.75, 3.05) is 12.4 Å². The number of amides is 1. The van der Waals surface area contributed by atoms with Gasteiger partial charge in [0.1, 0.15) is 17.2 Å². The topological polar surface area (TPSA) is 54.3 Å². The van der Waals surface area contributed by atoms with Crippen LogP contribution in [0.4, 0.5) is 10.1 Å². The minimum atomic E-state index is -0.348. The third-order valence-electron chi connectivity index (χ3n) is 6.15. The van der Waals surface area contributed by atoms with E-state index < -0.39 is 0 Å². The molecule has 0 aliphatic rings. The predicted octanol–water partition coefficient (Wildman–Crippen LogP) is 7.44. The first-order chi connectivity index (χ1) is 17.0. The van der Waals surface area contributed by atoms with Gasteiger partial charge >= 0.3 is 0 Å². The highest BCUT2D eigenvalue weighted by molar-refractivity contribution is 6.12. The van der Waals surface area contributed by atoms with Crippen LogP contribution in [0.3, 0.4) is 0 Å². The molecule has 35 heavy (non-hydrogen) atoms. The molecule has 0 bridgehead atoms. The minimum Gasteiger partial charge on any atom is -0.455 e. The lowest BCUT2D eigenvalue weighted by Crippen LogP contribution is -2.18. The van der Waals surface area contributed by atoms with Crippen LogP contribution < -0.4 is 10.6 Å². The first-order valence-corrected chi connectivity index (χ1v) is 11.5. The van der Waals surface area contributed by atoms with Crippen molar-refractivity contribution in [1.29, 1.82) is 0 Å². The molecule has 0 spiro atoms. The molecule has 0 aliphatic heterocycles. The maximum atomic E-state index is 13.6. The second-order valence-corrected chi connectivity index (χ2v) is 8.43. The van der Waals surface area contributed by atoms with Crippen molar-refractivity contribution in [3.63, 3.8) is 0 Å². The van der Waals surface area contributed by atoms with Crippen molar-refractivity contribution in [2.45, 2.75) is 13.0 Å². The summed E-state index contributed by atoms with van der Waals surface area (Å²) in [6.07, 6.45) is 0.